The van der Waals surface area contributed by atoms with Crippen LogP contribution in [-0.4, -0.2) is 25.4 Å². The van der Waals surface area contributed by atoms with E-state index in [1.165, 1.54) is 36.9 Å². The molecule has 0 aromatic heterocycles. The lowest BCUT2D eigenvalue weighted by Crippen LogP contribution is -2.28. The smallest absolute Gasteiger partial charge is 0.261 e. The Kier molecular flexibility index (Phi) is 5.06. The summed E-state index contributed by atoms with van der Waals surface area (Å²) < 4.78 is 27.8. The van der Waals surface area contributed by atoms with Crippen molar-refractivity contribution in [3.63, 3.8) is 0 Å². The van der Waals surface area contributed by atoms with E-state index in [1.807, 2.05) is 6.92 Å². The second kappa shape index (κ2) is 7.13. The molecule has 1 heterocycles. The fourth-order valence-electron chi connectivity index (χ4n) is 2.58. The minimum absolute atomic E-state index is 0.0420. The molecule has 136 valence electrons. The van der Waals surface area contributed by atoms with Gasteiger partial charge in [0.2, 0.25) is 5.91 Å². The van der Waals surface area contributed by atoms with Gasteiger partial charge in [0.15, 0.2) is 5.78 Å². The Morgan fingerprint density at radius 1 is 1.23 bits per heavy atom. The molecule has 0 spiro atoms. The Balaban J connectivity index is 1.89. The fourth-order valence-corrected chi connectivity index (χ4v) is 4.68. The first-order chi connectivity index (χ1) is 12.3. The molecule has 1 amide bonds. The van der Waals surface area contributed by atoms with Crippen molar-refractivity contribution >= 4 is 44.9 Å². The first kappa shape index (κ1) is 18.5. The van der Waals surface area contributed by atoms with Gasteiger partial charge in [0, 0.05) is 16.1 Å². The third-order valence-corrected chi connectivity index (χ3v) is 6.79. The van der Waals surface area contributed by atoms with Crippen molar-refractivity contribution in [2.45, 2.75) is 35.3 Å². The van der Waals surface area contributed by atoms with Crippen molar-refractivity contribution < 1.29 is 18.0 Å². The van der Waals surface area contributed by atoms with E-state index < -0.39 is 10.0 Å². The Labute approximate surface area is 156 Å². The fraction of sp³-hybridized carbons (Fsp3) is 0.222. The number of Topliss-reactive ketones (excluding diaryl/α,β-unsaturated/α-hetero) is 1. The predicted molar refractivity (Wildman–Crippen MR) is 102 cm³/mol. The Morgan fingerprint density at radius 2 is 2.00 bits per heavy atom. The predicted octanol–water partition coefficient (Wildman–Crippen LogP) is 3.51. The largest absolute Gasteiger partial charge is 0.324 e. The summed E-state index contributed by atoms with van der Waals surface area (Å²) in [4.78, 5) is 24.4. The molecule has 0 saturated carbocycles. The van der Waals surface area contributed by atoms with Crippen LogP contribution in [0.5, 0.6) is 0 Å². The number of hydrogen-bond acceptors (Lipinski definition) is 5. The van der Waals surface area contributed by atoms with E-state index in [0.29, 0.717) is 23.4 Å². The zero-order valence-electron chi connectivity index (χ0n) is 14.3. The first-order valence-electron chi connectivity index (χ1n) is 8.05. The third kappa shape index (κ3) is 3.76. The lowest BCUT2D eigenvalue weighted by Gasteiger charge is -2.23. The minimum Gasteiger partial charge on any atom is -0.324 e. The summed E-state index contributed by atoms with van der Waals surface area (Å²) in [5, 5.41) is 2.60. The molecule has 1 aliphatic rings. The number of nitrogens with one attached hydrogen (secondary N) is 2. The molecule has 26 heavy (non-hydrogen) atoms. The van der Waals surface area contributed by atoms with Gasteiger partial charge in [-0.05, 0) is 43.7 Å². The molecule has 2 aromatic carbocycles. The van der Waals surface area contributed by atoms with Crippen molar-refractivity contribution in [1.82, 2.24) is 0 Å². The molecule has 3 rings (SSSR count). The van der Waals surface area contributed by atoms with Crippen LogP contribution in [0.15, 0.2) is 52.3 Å². The van der Waals surface area contributed by atoms with E-state index in [1.54, 1.807) is 24.3 Å². The highest BCUT2D eigenvalue weighted by Crippen LogP contribution is 2.38. The van der Waals surface area contributed by atoms with Crippen molar-refractivity contribution in [2.24, 2.45) is 0 Å². The summed E-state index contributed by atoms with van der Waals surface area (Å²) in [6, 6.07) is 11.0. The van der Waals surface area contributed by atoms with E-state index in [2.05, 4.69) is 10.0 Å². The molecule has 0 bridgehead atoms. The number of rotatable bonds is 5. The summed E-state index contributed by atoms with van der Waals surface area (Å²) in [6.45, 7) is 3.35. The van der Waals surface area contributed by atoms with E-state index in [9.17, 15) is 18.0 Å². The maximum atomic E-state index is 12.7. The molecule has 0 radical (unpaired) electrons. The van der Waals surface area contributed by atoms with Crippen LogP contribution < -0.4 is 10.0 Å². The van der Waals surface area contributed by atoms with Gasteiger partial charge in [0.25, 0.3) is 10.0 Å². The number of benzene rings is 2. The molecule has 6 nitrogen and oxygen atoms in total. The van der Waals surface area contributed by atoms with Crippen LogP contribution in [0.3, 0.4) is 0 Å². The molecule has 0 unspecified atom stereocenters. The second-order valence-corrected chi connectivity index (χ2v) is 8.83. The first-order valence-corrected chi connectivity index (χ1v) is 10.4. The number of carbonyl (C=O) groups is 2. The van der Waals surface area contributed by atoms with Crippen LogP contribution in [-0.2, 0) is 14.8 Å². The number of ketones is 1. The molecule has 1 atom stereocenters. The van der Waals surface area contributed by atoms with Crippen molar-refractivity contribution in [1.29, 1.82) is 0 Å². The maximum Gasteiger partial charge on any atom is 0.261 e. The molecule has 8 heteroatoms. The number of carbonyl (C=O) groups excluding carboxylic acids is 2. The summed E-state index contributed by atoms with van der Waals surface area (Å²) in [6.07, 6.45) is 0.698. The number of hydrogen-bond donors (Lipinski definition) is 2. The molecule has 0 aliphatic carbocycles. The van der Waals surface area contributed by atoms with Crippen LogP contribution >= 0.6 is 11.8 Å². The van der Waals surface area contributed by atoms with Crippen LogP contribution in [0.25, 0.3) is 0 Å². The standard InChI is InChI=1S/C18H18N2O4S2/c1-3-16-18(22)19-15-10-14(7-8-17(15)25-16)26(23,24)20-13-6-4-5-12(9-13)11(2)21/h4-10,16,20H,3H2,1-2H3,(H,19,22)/t16-/m0/s1. The summed E-state index contributed by atoms with van der Waals surface area (Å²) in [5.74, 6) is -0.272. The average molecular weight is 390 g/mol. The average Bonchev–Trinajstić information content (AvgIpc) is 2.60. The number of anilines is 2. The lowest BCUT2D eigenvalue weighted by atomic mass is 10.1. The van der Waals surface area contributed by atoms with Gasteiger partial charge in [0.05, 0.1) is 15.8 Å². The third-order valence-electron chi connectivity index (χ3n) is 3.97. The van der Waals surface area contributed by atoms with Gasteiger partial charge in [-0.25, -0.2) is 8.42 Å². The summed E-state index contributed by atoms with van der Waals surface area (Å²) in [7, 11) is -3.85. The van der Waals surface area contributed by atoms with Crippen molar-refractivity contribution in [3.05, 3.63) is 48.0 Å². The van der Waals surface area contributed by atoms with Gasteiger partial charge in [0.1, 0.15) is 0 Å². The molecule has 0 saturated heterocycles. The van der Waals surface area contributed by atoms with Gasteiger partial charge >= 0.3 is 0 Å². The number of fused-ring (bicyclic) bond motifs is 1. The van der Waals surface area contributed by atoms with E-state index in [-0.39, 0.29) is 21.8 Å². The Hall–Kier alpha value is -2.32. The number of thioether (sulfide) groups is 1. The normalized spacial score (nSPS) is 16.5. The lowest BCUT2D eigenvalue weighted by molar-refractivity contribution is -0.115. The second-order valence-electron chi connectivity index (χ2n) is 5.90. The van der Waals surface area contributed by atoms with Crippen molar-refractivity contribution in [2.75, 3.05) is 10.0 Å². The highest BCUT2D eigenvalue weighted by Gasteiger charge is 2.27. The van der Waals surface area contributed by atoms with Gasteiger partial charge in [-0.3, -0.25) is 14.3 Å². The highest BCUT2D eigenvalue weighted by atomic mass is 32.2. The van der Waals surface area contributed by atoms with E-state index in [4.69, 9.17) is 0 Å². The molecule has 1 aliphatic heterocycles. The molecular formula is C18H18N2O4S2. The quantitative estimate of drug-likeness (QED) is 0.762. The SMILES string of the molecule is CC[C@@H]1Sc2ccc(S(=O)(=O)Nc3cccc(C(C)=O)c3)cc2NC1=O. The summed E-state index contributed by atoms with van der Waals surface area (Å²) >= 11 is 1.43. The molecule has 0 fully saturated rings. The monoisotopic (exact) mass is 390 g/mol. The minimum atomic E-state index is -3.85. The molecule has 2 aromatic rings. The molecular weight excluding hydrogens is 372 g/mol. The summed E-state index contributed by atoms with van der Waals surface area (Å²) in [5.41, 5.74) is 1.22. The molecule has 2 N–H and O–H groups in total. The van der Waals surface area contributed by atoms with Gasteiger partial charge < -0.3 is 5.32 Å². The van der Waals surface area contributed by atoms with E-state index in [0.717, 1.165) is 4.90 Å². The Bertz CT molecular complexity index is 986. The number of amides is 1. The van der Waals surface area contributed by atoms with Gasteiger partial charge in [-0.1, -0.05) is 19.1 Å². The zero-order chi connectivity index (χ0) is 18.9. The van der Waals surface area contributed by atoms with Gasteiger partial charge in [-0.15, -0.1) is 11.8 Å². The zero-order valence-corrected chi connectivity index (χ0v) is 15.9. The van der Waals surface area contributed by atoms with Crippen LogP contribution in [0.1, 0.15) is 30.6 Å². The van der Waals surface area contributed by atoms with Crippen molar-refractivity contribution in [3.8, 4) is 0 Å². The number of sulfonamides is 1. The van der Waals surface area contributed by atoms with Crippen LogP contribution in [0.2, 0.25) is 0 Å². The maximum absolute atomic E-state index is 12.7. The van der Waals surface area contributed by atoms with Crippen LogP contribution in [0.4, 0.5) is 11.4 Å². The Morgan fingerprint density at radius 3 is 2.69 bits per heavy atom. The van der Waals surface area contributed by atoms with Gasteiger partial charge in [-0.2, -0.15) is 0 Å². The topological polar surface area (TPSA) is 92.3 Å². The van der Waals surface area contributed by atoms with Crippen LogP contribution in [0, 0.1) is 0 Å². The highest BCUT2D eigenvalue weighted by molar-refractivity contribution is 8.01. The van der Waals surface area contributed by atoms with E-state index >= 15 is 0 Å².